The number of nitrogens with zero attached hydrogens (tertiary/aromatic N) is 1. The van der Waals surface area contributed by atoms with Gasteiger partial charge < -0.3 is 9.84 Å². The average molecular weight is 277 g/mol. The van der Waals surface area contributed by atoms with Crippen LogP contribution in [0.4, 0.5) is 0 Å². The number of benzene rings is 1. The van der Waals surface area contributed by atoms with Gasteiger partial charge >= 0.3 is 0 Å². The third-order valence-corrected chi connectivity index (χ3v) is 3.93. The monoisotopic (exact) mass is 276 g/mol. The van der Waals surface area contributed by atoms with Crippen molar-refractivity contribution < 1.29 is 4.52 Å². The van der Waals surface area contributed by atoms with Gasteiger partial charge in [0.25, 0.3) is 0 Å². The molecule has 0 saturated heterocycles. The highest BCUT2D eigenvalue weighted by Crippen LogP contribution is 2.37. The van der Waals surface area contributed by atoms with E-state index in [1.165, 1.54) is 5.56 Å². The molecular weight excluding hydrogens is 260 g/mol. The van der Waals surface area contributed by atoms with Gasteiger partial charge in [-0.15, -0.1) is 0 Å². The molecule has 2 aromatic rings. The highest BCUT2D eigenvalue weighted by molar-refractivity contribution is 6.30. The lowest BCUT2D eigenvalue weighted by Gasteiger charge is -2.36. The average Bonchev–Trinajstić information content (AvgIpc) is 2.73. The van der Waals surface area contributed by atoms with E-state index in [0.717, 1.165) is 35.9 Å². The van der Waals surface area contributed by atoms with Gasteiger partial charge in [-0.3, -0.25) is 0 Å². The number of hydrogen-bond acceptors (Lipinski definition) is 3. The first-order valence-electron chi connectivity index (χ1n) is 6.62. The molecule has 0 bridgehead atoms. The summed E-state index contributed by atoms with van der Waals surface area (Å²) in [5.74, 6) is 1.54. The van der Waals surface area contributed by atoms with Crippen molar-refractivity contribution in [2.75, 3.05) is 0 Å². The predicted molar refractivity (Wildman–Crippen MR) is 75.3 cm³/mol. The van der Waals surface area contributed by atoms with Crippen molar-refractivity contribution in [2.45, 2.75) is 38.3 Å². The van der Waals surface area contributed by atoms with Crippen molar-refractivity contribution in [2.24, 2.45) is 0 Å². The van der Waals surface area contributed by atoms with Gasteiger partial charge in [0.2, 0.25) is 0 Å². The molecule has 3 rings (SSSR count). The summed E-state index contributed by atoms with van der Waals surface area (Å²) < 4.78 is 5.18. The van der Waals surface area contributed by atoms with Crippen molar-refractivity contribution in [3.05, 3.63) is 52.4 Å². The van der Waals surface area contributed by atoms with Crippen LogP contribution in [0.25, 0.3) is 0 Å². The standard InChI is InChI=1S/C15H17ClN2O/c1-10-5-15(19-18-10)9-17-14-7-12(8-14)11-3-2-4-13(16)6-11/h2-6,12,14,17H,7-9H2,1H3. The first-order chi connectivity index (χ1) is 9.20. The Morgan fingerprint density at radius 3 is 2.89 bits per heavy atom. The summed E-state index contributed by atoms with van der Waals surface area (Å²) in [6.07, 6.45) is 2.32. The van der Waals surface area contributed by atoms with Gasteiger partial charge in [-0.25, -0.2) is 0 Å². The second-order valence-electron chi connectivity index (χ2n) is 5.24. The van der Waals surface area contributed by atoms with Gasteiger partial charge in [0.05, 0.1) is 12.2 Å². The highest BCUT2D eigenvalue weighted by Gasteiger charge is 2.30. The van der Waals surface area contributed by atoms with Crippen molar-refractivity contribution in [1.29, 1.82) is 0 Å². The minimum atomic E-state index is 0.564. The van der Waals surface area contributed by atoms with Gasteiger partial charge in [-0.05, 0) is 43.4 Å². The highest BCUT2D eigenvalue weighted by atomic mass is 35.5. The molecule has 0 amide bonds. The lowest BCUT2D eigenvalue weighted by molar-refractivity contribution is 0.274. The molecule has 1 aromatic heterocycles. The number of halogens is 1. The van der Waals surface area contributed by atoms with E-state index in [9.17, 15) is 0 Å². The van der Waals surface area contributed by atoms with Gasteiger partial charge in [0, 0.05) is 17.1 Å². The third-order valence-electron chi connectivity index (χ3n) is 3.70. The number of aromatic nitrogens is 1. The molecule has 100 valence electrons. The smallest absolute Gasteiger partial charge is 0.150 e. The molecule has 1 heterocycles. The quantitative estimate of drug-likeness (QED) is 0.926. The van der Waals surface area contributed by atoms with Crippen LogP contribution in [0.2, 0.25) is 5.02 Å². The summed E-state index contributed by atoms with van der Waals surface area (Å²) in [6.45, 7) is 2.69. The maximum absolute atomic E-state index is 6.01. The first-order valence-corrected chi connectivity index (χ1v) is 6.99. The Hall–Kier alpha value is -1.32. The molecule has 0 radical (unpaired) electrons. The molecule has 1 saturated carbocycles. The van der Waals surface area contributed by atoms with E-state index in [4.69, 9.17) is 16.1 Å². The van der Waals surface area contributed by atoms with Gasteiger partial charge in [-0.2, -0.15) is 0 Å². The van der Waals surface area contributed by atoms with E-state index in [1.54, 1.807) is 0 Å². The lowest BCUT2D eigenvalue weighted by atomic mass is 9.76. The van der Waals surface area contributed by atoms with Crippen LogP contribution < -0.4 is 5.32 Å². The number of nitrogens with one attached hydrogen (secondary N) is 1. The second-order valence-corrected chi connectivity index (χ2v) is 5.67. The minimum Gasteiger partial charge on any atom is -0.360 e. The van der Waals surface area contributed by atoms with Gasteiger partial charge in [0.1, 0.15) is 0 Å². The Kier molecular flexibility index (Phi) is 3.58. The lowest BCUT2D eigenvalue weighted by Crippen LogP contribution is -2.39. The van der Waals surface area contributed by atoms with E-state index in [-0.39, 0.29) is 0 Å². The molecule has 0 spiro atoms. The molecular formula is C15H17ClN2O. The maximum Gasteiger partial charge on any atom is 0.150 e. The van der Waals surface area contributed by atoms with Crippen LogP contribution in [-0.2, 0) is 6.54 Å². The Bertz CT molecular complexity index is 561. The zero-order chi connectivity index (χ0) is 13.2. The summed E-state index contributed by atoms with van der Waals surface area (Å²) in [4.78, 5) is 0. The molecule has 3 nitrogen and oxygen atoms in total. The Labute approximate surface area is 117 Å². The number of rotatable bonds is 4. The maximum atomic E-state index is 6.01. The summed E-state index contributed by atoms with van der Waals surface area (Å²) in [7, 11) is 0. The Morgan fingerprint density at radius 1 is 1.37 bits per heavy atom. The van der Waals surface area contributed by atoms with E-state index < -0.39 is 0 Å². The molecule has 0 unspecified atom stereocenters. The fourth-order valence-electron chi connectivity index (χ4n) is 2.56. The number of hydrogen-bond donors (Lipinski definition) is 1. The molecule has 1 aliphatic carbocycles. The normalized spacial score (nSPS) is 22.2. The molecule has 1 aliphatic rings. The fourth-order valence-corrected chi connectivity index (χ4v) is 2.76. The molecule has 0 atom stereocenters. The third kappa shape index (κ3) is 2.99. The van der Waals surface area contributed by atoms with Gasteiger partial charge in [-0.1, -0.05) is 28.9 Å². The van der Waals surface area contributed by atoms with E-state index in [2.05, 4.69) is 22.6 Å². The zero-order valence-electron chi connectivity index (χ0n) is 10.9. The molecule has 1 fully saturated rings. The zero-order valence-corrected chi connectivity index (χ0v) is 11.7. The van der Waals surface area contributed by atoms with Crippen LogP contribution in [0.5, 0.6) is 0 Å². The van der Waals surface area contributed by atoms with Crippen LogP contribution >= 0.6 is 11.6 Å². The molecule has 0 aliphatic heterocycles. The van der Waals surface area contributed by atoms with Gasteiger partial charge in [0.15, 0.2) is 5.76 Å². The SMILES string of the molecule is Cc1cc(CNC2CC(c3cccc(Cl)c3)C2)on1. The van der Waals surface area contributed by atoms with Crippen LogP contribution in [0, 0.1) is 6.92 Å². The van der Waals surface area contributed by atoms with E-state index in [1.807, 2.05) is 25.1 Å². The van der Waals surface area contributed by atoms with Crippen molar-refractivity contribution >= 4 is 11.6 Å². The van der Waals surface area contributed by atoms with Crippen molar-refractivity contribution in [3.8, 4) is 0 Å². The molecule has 19 heavy (non-hydrogen) atoms. The van der Waals surface area contributed by atoms with E-state index in [0.29, 0.717) is 12.0 Å². The predicted octanol–water partition coefficient (Wildman–Crippen LogP) is 3.67. The topological polar surface area (TPSA) is 38.1 Å². The molecule has 4 heteroatoms. The number of aryl methyl sites for hydroxylation is 1. The van der Waals surface area contributed by atoms with E-state index >= 15 is 0 Å². The summed E-state index contributed by atoms with van der Waals surface area (Å²) >= 11 is 6.01. The van der Waals surface area contributed by atoms with Crippen LogP contribution in [0.1, 0.15) is 35.8 Å². The second kappa shape index (κ2) is 5.35. The fraction of sp³-hybridized carbons (Fsp3) is 0.400. The summed E-state index contributed by atoms with van der Waals surface area (Å²) in [5, 5.41) is 8.20. The van der Waals surface area contributed by atoms with Crippen molar-refractivity contribution in [3.63, 3.8) is 0 Å². The Balaban J connectivity index is 1.48. The van der Waals surface area contributed by atoms with Crippen molar-refractivity contribution in [1.82, 2.24) is 10.5 Å². The molecule has 1 N–H and O–H groups in total. The summed E-state index contributed by atoms with van der Waals surface area (Å²) in [6, 6.07) is 10.7. The van der Waals surface area contributed by atoms with Crippen LogP contribution in [0.15, 0.2) is 34.9 Å². The largest absolute Gasteiger partial charge is 0.360 e. The first kappa shape index (κ1) is 12.7. The van der Waals surface area contributed by atoms with Crippen LogP contribution in [0.3, 0.4) is 0 Å². The Morgan fingerprint density at radius 2 is 2.21 bits per heavy atom. The van der Waals surface area contributed by atoms with Crippen LogP contribution in [-0.4, -0.2) is 11.2 Å². The molecule has 1 aromatic carbocycles. The summed E-state index contributed by atoms with van der Waals surface area (Å²) in [5.41, 5.74) is 2.28. The minimum absolute atomic E-state index is 0.564.